The van der Waals surface area contributed by atoms with Crippen molar-refractivity contribution in [3.63, 3.8) is 0 Å². The van der Waals surface area contributed by atoms with E-state index in [1.807, 2.05) is 30.3 Å². The van der Waals surface area contributed by atoms with Crippen molar-refractivity contribution in [2.75, 3.05) is 19.6 Å². The number of rotatable bonds is 5. The molecular formula is C34H42N8O4S2. The molecule has 14 heteroatoms. The number of nitrogens with one attached hydrogen (secondary N) is 3. The first-order valence-corrected chi connectivity index (χ1v) is 17.9. The zero-order valence-electron chi connectivity index (χ0n) is 27.7. The maximum atomic E-state index is 13.6. The van der Waals surface area contributed by atoms with Crippen molar-refractivity contribution in [3.05, 3.63) is 85.8 Å². The Morgan fingerprint density at radius 1 is 0.938 bits per heavy atom. The molecule has 3 aromatic heterocycles. The summed E-state index contributed by atoms with van der Waals surface area (Å²) in [5.74, 6) is -0.728. The van der Waals surface area contributed by atoms with Crippen LogP contribution in [-0.2, 0) is 18.3 Å². The summed E-state index contributed by atoms with van der Waals surface area (Å²) in [6.07, 6.45) is 3.91. The summed E-state index contributed by atoms with van der Waals surface area (Å²) in [7, 11) is 1.78. The fourth-order valence-corrected chi connectivity index (χ4v) is 7.37. The average Bonchev–Trinajstić information content (AvgIpc) is 3.82. The number of carbonyl (C=O) groups is 4. The van der Waals surface area contributed by atoms with Crippen molar-refractivity contribution >= 4 is 46.3 Å². The van der Waals surface area contributed by atoms with E-state index in [1.54, 1.807) is 40.5 Å². The van der Waals surface area contributed by atoms with Gasteiger partial charge in [-0.3, -0.25) is 19.2 Å². The van der Waals surface area contributed by atoms with Crippen molar-refractivity contribution in [2.45, 2.75) is 65.0 Å². The smallest absolute Gasteiger partial charge is 0.272 e. The maximum Gasteiger partial charge on any atom is 0.272 e. The Kier molecular flexibility index (Phi) is 11.7. The molecule has 0 fully saturated rings. The molecule has 0 saturated carbocycles. The van der Waals surface area contributed by atoms with Gasteiger partial charge in [-0.15, -0.1) is 22.7 Å². The third-order valence-electron chi connectivity index (χ3n) is 8.07. The second-order valence-electron chi connectivity index (χ2n) is 12.4. The van der Waals surface area contributed by atoms with Crippen LogP contribution in [0.4, 0.5) is 0 Å². The Balaban J connectivity index is 1.42. The van der Waals surface area contributed by atoms with Crippen LogP contribution < -0.4 is 16.0 Å². The summed E-state index contributed by atoms with van der Waals surface area (Å²) < 4.78 is 1.70. The lowest BCUT2D eigenvalue weighted by Gasteiger charge is -2.24. The highest BCUT2D eigenvalue weighted by atomic mass is 32.1. The van der Waals surface area contributed by atoms with Gasteiger partial charge >= 0.3 is 0 Å². The van der Waals surface area contributed by atoms with Crippen molar-refractivity contribution < 1.29 is 19.2 Å². The predicted molar refractivity (Wildman–Crippen MR) is 185 cm³/mol. The second kappa shape index (κ2) is 16.1. The lowest BCUT2D eigenvalue weighted by atomic mass is 10.0. The summed E-state index contributed by atoms with van der Waals surface area (Å²) in [4.78, 5) is 68.8. The van der Waals surface area contributed by atoms with Gasteiger partial charge in [0.1, 0.15) is 27.1 Å². The van der Waals surface area contributed by atoms with Crippen LogP contribution in [-0.4, -0.2) is 67.7 Å². The van der Waals surface area contributed by atoms with Gasteiger partial charge in [0.2, 0.25) is 5.91 Å². The molecule has 0 unspecified atom stereocenters. The van der Waals surface area contributed by atoms with Crippen LogP contribution in [0.25, 0.3) is 0 Å². The molecule has 12 nitrogen and oxygen atoms in total. The van der Waals surface area contributed by atoms with E-state index in [9.17, 15) is 19.2 Å². The van der Waals surface area contributed by atoms with Gasteiger partial charge in [-0.05, 0) is 44.1 Å². The minimum atomic E-state index is -0.494. The summed E-state index contributed by atoms with van der Waals surface area (Å²) >= 11 is 2.65. The molecule has 4 aromatic rings. The first-order valence-electron chi connectivity index (χ1n) is 16.2. The van der Waals surface area contributed by atoms with E-state index >= 15 is 0 Å². The molecule has 0 spiro atoms. The Bertz CT molecular complexity index is 1710. The van der Waals surface area contributed by atoms with Crippen LogP contribution in [0.15, 0.2) is 47.4 Å². The molecule has 1 aliphatic rings. The fourth-order valence-electron chi connectivity index (χ4n) is 5.66. The number of imidazole rings is 1. The third-order valence-corrected chi connectivity index (χ3v) is 9.98. The molecule has 48 heavy (non-hydrogen) atoms. The van der Waals surface area contributed by atoms with Gasteiger partial charge in [0.15, 0.2) is 0 Å². The monoisotopic (exact) mass is 690 g/mol. The first kappa shape index (κ1) is 34.9. The van der Waals surface area contributed by atoms with Gasteiger partial charge in [-0.1, -0.05) is 44.2 Å². The molecule has 0 aliphatic carbocycles. The molecular weight excluding hydrogens is 649 g/mol. The molecule has 2 atom stereocenters. The van der Waals surface area contributed by atoms with E-state index in [1.165, 1.54) is 22.7 Å². The van der Waals surface area contributed by atoms with Crippen molar-refractivity contribution in [2.24, 2.45) is 13.0 Å². The summed E-state index contributed by atoms with van der Waals surface area (Å²) in [5, 5.41) is 13.8. The largest absolute Gasteiger partial charge is 0.351 e. The SMILES string of the molecule is Cc1ncn(C)c1C(=O)N1CCCNC(=O)c2csc(n2)[C@H](Cc2ccccc2)NC(=O)c2csc(n2)[C@H](CC(C)C)NC(=O)CCC1. The summed E-state index contributed by atoms with van der Waals surface area (Å²) in [6.45, 7) is 7.02. The number of carbonyl (C=O) groups excluding carboxylic acids is 4. The summed E-state index contributed by atoms with van der Waals surface area (Å²) in [5.41, 5.74) is 2.66. The lowest BCUT2D eigenvalue weighted by molar-refractivity contribution is -0.122. The Labute approximate surface area is 288 Å². The van der Waals surface area contributed by atoms with E-state index < -0.39 is 6.04 Å². The molecule has 4 heterocycles. The van der Waals surface area contributed by atoms with Gasteiger partial charge < -0.3 is 25.4 Å². The van der Waals surface area contributed by atoms with Gasteiger partial charge in [-0.25, -0.2) is 15.0 Å². The normalized spacial score (nSPS) is 18.5. The van der Waals surface area contributed by atoms with E-state index in [2.05, 4.69) is 44.7 Å². The zero-order valence-corrected chi connectivity index (χ0v) is 29.3. The second-order valence-corrected chi connectivity index (χ2v) is 14.2. The number of amides is 4. The van der Waals surface area contributed by atoms with E-state index in [0.29, 0.717) is 66.7 Å². The fraction of sp³-hybridized carbons (Fsp3) is 0.441. The number of aromatic nitrogens is 4. The minimum Gasteiger partial charge on any atom is -0.351 e. The van der Waals surface area contributed by atoms with Crippen LogP contribution in [0.2, 0.25) is 0 Å². The molecule has 0 radical (unpaired) electrons. The number of fused-ring (bicyclic) bond motifs is 4. The first-order chi connectivity index (χ1) is 23.1. The molecule has 5 rings (SSSR count). The van der Waals surface area contributed by atoms with Crippen LogP contribution in [0.3, 0.4) is 0 Å². The van der Waals surface area contributed by atoms with Crippen molar-refractivity contribution in [3.8, 4) is 0 Å². The summed E-state index contributed by atoms with van der Waals surface area (Å²) in [6, 6.07) is 8.93. The van der Waals surface area contributed by atoms with E-state index in [0.717, 1.165) is 5.56 Å². The number of aryl methyl sites for hydroxylation is 2. The quantitative estimate of drug-likeness (QED) is 0.277. The van der Waals surface area contributed by atoms with Gasteiger partial charge in [-0.2, -0.15) is 0 Å². The number of hydrogen-bond acceptors (Lipinski definition) is 9. The topological polar surface area (TPSA) is 151 Å². The van der Waals surface area contributed by atoms with Gasteiger partial charge in [0.25, 0.3) is 17.7 Å². The minimum absolute atomic E-state index is 0.147. The Morgan fingerprint density at radius 2 is 1.60 bits per heavy atom. The number of hydrogen-bond donors (Lipinski definition) is 3. The highest BCUT2D eigenvalue weighted by Crippen LogP contribution is 2.27. The highest BCUT2D eigenvalue weighted by Gasteiger charge is 2.26. The zero-order chi connectivity index (χ0) is 34.2. The van der Waals surface area contributed by atoms with Crippen LogP contribution in [0, 0.1) is 12.8 Å². The van der Waals surface area contributed by atoms with Crippen molar-refractivity contribution in [1.29, 1.82) is 0 Å². The number of nitrogens with zero attached hydrogens (tertiary/aromatic N) is 5. The molecule has 3 N–H and O–H groups in total. The standard InChI is InChI=1S/C34H42N8O4S2/c1-21(2)16-24-32-40-27(19-48-32)31(45)38-25(17-23-10-6-5-7-11-23)33-39-26(18-47-33)30(44)35-13-9-15-42(14-8-12-28(43)37-24)34(46)29-22(3)36-20-41(29)4/h5-7,10-11,18-21,24-25H,8-9,12-17H2,1-4H3,(H,35,44)(H,37,43)(H,38,45)/t24-,25-/m0/s1. The molecule has 4 bridgehead atoms. The van der Waals surface area contributed by atoms with E-state index in [4.69, 9.17) is 0 Å². The van der Waals surface area contributed by atoms with Crippen LogP contribution in [0.1, 0.15) is 104 Å². The molecule has 4 amide bonds. The van der Waals surface area contributed by atoms with Crippen molar-refractivity contribution in [1.82, 2.24) is 40.4 Å². The van der Waals surface area contributed by atoms with Gasteiger partial charge in [0.05, 0.1) is 24.1 Å². The maximum absolute atomic E-state index is 13.6. The van der Waals surface area contributed by atoms with Gasteiger partial charge in [0, 0.05) is 43.9 Å². The predicted octanol–water partition coefficient (Wildman–Crippen LogP) is 4.61. The highest BCUT2D eigenvalue weighted by molar-refractivity contribution is 7.10. The van der Waals surface area contributed by atoms with E-state index in [-0.39, 0.29) is 53.4 Å². The Hall–Kier alpha value is -4.43. The lowest BCUT2D eigenvalue weighted by Crippen LogP contribution is -2.37. The van der Waals surface area contributed by atoms with Crippen LogP contribution in [0.5, 0.6) is 0 Å². The number of benzene rings is 1. The average molecular weight is 691 g/mol. The molecule has 1 aromatic carbocycles. The molecule has 0 saturated heterocycles. The molecule has 254 valence electrons. The third kappa shape index (κ3) is 8.92. The van der Waals surface area contributed by atoms with Crippen LogP contribution >= 0.6 is 22.7 Å². The molecule has 1 aliphatic heterocycles. The number of thiazole rings is 2. The Morgan fingerprint density at radius 3 is 2.27 bits per heavy atom.